The second-order valence-electron chi connectivity index (χ2n) is 11.6. The highest BCUT2D eigenvalue weighted by molar-refractivity contribution is 6.31. The number of urea groups is 1. The fraction of sp³-hybridized carbons (Fsp3) is 0.613. The Balaban J connectivity index is 1.89. The summed E-state index contributed by atoms with van der Waals surface area (Å²) in [5, 5.41) is 19.3. The normalized spacial score (nSPS) is 19.9. The number of nitrogens with one attached hydrogen (secondary N) is 4. The highest BCUT2D eigenvalue weighted by Crippen LogP contribution is 2.28. The number of nitrogens with zero attached hydrogens (tertiary/aromatic N) is 1. The molecule has 1 aromatic carbocycles. The van der Waals surface area contributed by atoms with Gasteiger partial charge in [0.15, 0.2) is 0 Å². The molecule has 232 valence electrons. The Morgan fingerprint density at radius 2 is 1.67 bits per heavy atom. The smallest absolute Gasteiger partial charge is 0.326 e. The fourth-order valence-corrected chi connectivity index (χ4v) is 5.99. The van der Waals surface area contributed by atoms with Gasteiger partial charge in [0.25, 0.3) is 0 Å². The van der Waals surface area contributed by atoms with Gasteiger partial charge in [-0.2, -0.15) is 0 Å². The number of aliphatic carboxylic acids is 1. The largest absolute Gasteiger partial charge is 0.480 e. The molecule has 42 heavy (non-hydrogen) atoms. The van der Waals surface area contributed by atoms with Gasteiger partial charge in [0.2, 0.25) is 11.8 Å². The molecule has 0 unspecified atom stereocenters. The molecule has 6 atom stereocenters. The summed E-state index contributed by atoms with van der Waals surface area (Å²) in [6, 6.07) is 4.12. The molecule has 3 rings (SSSR count). The number of halogens is 1. The summed E-state index contributed by atoms with van der Waals surface area (Å²) >= 11 is 6.54. The molecule has 1 aliphatic heterocycles. The third-order valence-electron chi connectivity index (χ3n) is 8.47. The molecule has 2 heterocycles. The number of carboxylic acid groups (broad SMARTS) is 1. The first-order valence-corrected chi connectivity index (χ1v) is 15.5. The van der Waals surface area contributed by atoms with E-state index in [0.717, 1.165) is 36.6 Å². The summed E-state index contributed by atoms with van der Waals surface area (Å²) in [6.07, 6.45) is 5.15. The molecule has 0 spiro atoms. The molecule has 4 amide bonds. The molecule has 2 aromatic rings. The number of aromatic amines is 1. The van der Waals surface area contributed by atoms with Gasteiger partial charge in [-0.15, -0.1) is 0 Å². The van der Waals surface area contributed by atoms with Crippen LogP contribution >= 0.6 is 11.6 Å². The number of para-hydroxylation sites is 1. The predicted molar refractivity (Wildman–Crippen MR) is 164 cm³/mol. The van der Waals surface area contributed by atoms with Crippen LogP contribution in [0.25, 0.3) is 10.9 Å². The number of fused-ring (bicyclic) bond motifs is 1. The van der Waals surface area contributed by atoms with E-state index < -0.39 is 35.9 Å². The lowest BCUT2D eigenvalue weighted by molar-refractivity contribution is -0.142. The van der Waals surface area contributed by atoms with Crippen LogP contribution in [0.3, 0.4) is 0 Å². The van der Waals surface area contributed by atoms with E-state index in [1.807, 2.05) is 58.9 Å². The first-order valence-electron chi connectivity index (χ1n) is 15.2. The summed E-state index contributed by atoms with van der Waals surface area (Å²) < 4.78 is 0. The van der Waals surface area contributed by atoms with Gasteiger partial charge in [-0.05, 0) is 57.1 Å². The van der Waals surface area contributed by atoms with Crippen molar-refractivity contribution in [3.05, 3.63) is 35.0 Å². The molecule has 1 aliphatic rings. The Labute approximate surface area is 253 Å². The van der Waals surface area contributed by atoms with Crippen LogP contribution in [-0.2, 0) is 20.8 Å². The van der Waals surface area contributed by atoms with Gasteiger partial charge >= 0.3 is 12.0 Å². The molecule has 1 saturated heterocycles. The number of aromatic nitrogens is 1. The van der Waals surface area contributed by atoms with Gasteiger partial charge in [-0.1, -0.05) is 69.8 Å². The lowest BCUT2D eigenvalue weighted by atomic mass is 9.96. The van der Waals surface area contributed by atoms with Crippen molar-refractivity contribution < 1.29 is 24.3 Å². The number of hydrogen-bond acceptors (Lipinski definition) is 4. The van der Waals surface area contributed by atoms with Gasteiger partial charge in [0.1, 0.15) is 23.3 Å². The Morgan fingerprint density at radius 1 is 1.02 bits per heavy atom. The van der Waals surface area contributed by atoms with Crippen molar-refractivity contribution in [2.24, 2.45) is 5.92 Å². The number of carbonyl (C=O) groups is 4. The minimum absolute atomic E-state index is 0.0297. The maximum atomic E-state index is 13.8. The van der Waals surface area contributed by atoms with Crippen molar-refractivity contribution in [2.45, 2.75) is 116 Å². The highest BCUT2D eigenvalue weighted by Gasteiger charge is 2.35. The van der Waals surface area contributed by atoms with Crippen molar-refractivity contribution in [2.75, 3.05) is 0 Å². The average molecular weight is 604 g/mol. The number of piperidine rings is 1. The number of carboxylic acids is 1. The van der Waals surface area contributed by atoms with E-state index in [1.54, 1.807) is 4.90 Å². The zero-order chi connectivity index (χ0) is 31.0. The van der Waals surface area contributed by atoms with E-state index in [9.17, 15) is 24.3 Å². The van der Waals surface area contributed by atoms with Crippen LogP contribution in [-0.4, -0.2) is 69.0 Å². The summed E-state index contributed by atoms with van der Waals surface area (Å²) in [6.45, 7) is 9.78. The van der Waals surface area contributed by atoms with Gasteiger partial charge in [-0.25, -0.2) is 9.59 Å². The van der Waals surface area contributed by atoms with Crippen LogP contribution in [0.1, 0.15) is 85.1 Å². The third kappa shape index (κ3) is 8.18. The van der Waals surface area contributed by atoms with Crippen LogP contribution in [0.5, 0.6) is 0 Å². The van der Waals surface area contributed by atoms with E-state index in [2.05, 4.69) is 20.9 Å². The molecule has 5 N–H and O–H groups in total. The zero-order valence-corrected chi connectivity index (χ0v) is 26.1. The quantitative estimate of drug-likeness (QED) is 0.219. The standard InChI is InChI=1S/C31H46ClN5O5/c1-6-8-15-24(30(40)41)34-28(38)25(17-22-21-14-9-10-16-23(21)33-27(22)32)35-29(39)26(18(3)7-2)36-31(42)37-19(4)12-11-13-20(37)5/h9-10,14,16,18-20,24-26,33H,6-8,11-13,15,17H2,1-5H3,(H,34,38)(H,35,39)(H,36,42)(H,40,41)/t18-,19-,20+,24+,25+,26-/m0/s1. The van der Waals surface area contributed by atoms with E-state index in [-0.39, 0.29) is 36.9 Å². The molecule has 0 saturated carbocycles. The number of benzene rings is 1. The number of hydrogen-bond donors (Lipinski definition) is 5. The van der Waals surface area contributed by atoms with Crippen molar-refractivity contribution in [3.63, 3.8) is 0 Å². The summed E-state index contributed by atoms with van der Waals surface area (Å²) in [5.41, 5.74) is 1.41. The second-order valence-corrected chi connectivity index (χ2v) is 12.0. The van der Waals surface area contributed by atoms with Crippen LogP contribution in [0.15, 0.2) is 24.3 Å². The third-order valence-corrected chi connectivity index (χ3v) is 8.79. The van der Waals surface area contributed by atoms with E-state index in [0.29, 0.717) is 23.6 Å². The van der Waals surface area contributed by atoms with Gasteiger partial charge in [0.05, 0.1) is 0 Å². The highest BCUT2D eigenvalue weighted by atomic mass is 35.5. The summed E-state index contributed by atoms with van der Waals surface area (Å²) in [5.74, 6) is -2.49. The lowest BCUT2D eigenvalue weighted by Crippen LogP contribution is -2.60. The molecule has 0 bridgehead atoms. The van der Waals surface area contributed by atoms with E-state index >= 15 is 0 Å². The summed E-state index contributed by atoms with van der Waals surface area (Å²) in [7, 11) is 0. The molecular weight excluding hydrogens is 558 g/mol. The Hall–Kier alpha value is -3.27. The number of carbonyl (C=O) groups excluding carboxylic acids is 3. The first-order chi connectivity index (χ1) is 20.0. The molecule has 1 aromatic heterocycles. The second kappa shape index (κ2) is 15.3. The van der Waals surface area contributed by atoms with Gasteiger partial charge in [-0.3, -0.25) is 9.59 Å². The Kier molecular flexibility index (Phi) is 12.1. The number of rotatable bonds is 13. The molecule has 11 heteroatoms. The Morgan fingerprint density at radius 3 is 2.29 bits per heavy atom. The predicted octanol–water partition coefficient (Wildman–Crippen LogP) is 5.00. The molecular formula is C31H46ClN5O5. The first kappa shape index (κ1) is 33.2. The van der Waals surface area contributed by atoms with Crippen LogP contribution in [0, 0.1) is 5.92 Å². The zero-order valence-electron chi connectivity index (χ0n) is 25.3. The van der Waals surface area contributed by atoms with Crippen molar-refractivity contribution >= 4 is 46.3 Å². The summed E-state index contributed by atoms with van der Waals surface area (Å²) in [4.78, 5) is 57.7. The van der Waals surface area contributed by atoms with Gasteiger partial charge < -0.3 is 30.9 Å². The fourth-order valence-electron chi connectivity index (χ4n) is 5.71. The Bertz CT molecular complexity index is 1240. The number of H-pyrrole nitrogens is 1. The molecule has 0 aliphatic carbocycles. The molecule has 1 fully saturated rings. The number of unbranched alkanes of at least 4 members (excludes halogenated alkanes) is 1. The topological polar surface area (TPSA) is 144 Å². The SMILES string of the molecule is CCCC[C@@H](NC(=O)[C@@H](Cc1c(Cl)[nH]c2ccccc12)NC(=O)[C@@H](NC(=O)N1[C@H](C)CCC[C@@H]1C)[C@@H](C)CC)C(=O)O. The van der Waals surface area contributed by atoms with Crippen LogP contribution in [0.2, 0.25) is 5.15 Å². The van der Waals surface area contributed by atoms with E-state index in [4.69, 9.17) is 11.6 Å². The minimum atomic E-state index is -1.14. The lowest BCUT2D eigenvalue weighted by Gasteiger charge is -2.40. The number of amides is 4. The van der Waals surface area contributed by atoms with Crippen molar-refractivity contribution in [1.29, 1.82) is 0 Å². The maximum absolute atomic E-state index is 13.8. The monoisotopic (exact) mass is 603 g/mol. The maximum Gasteiger partial charge on any atom is 0.326 e. The van der Waals surface area contributed by atoms with Crippen molar-refractivity contribution in [3.8, 4) is 0 Å². The van der Waals surface area contributed by atoms with Gasteiger partial charge in [0, 0.05) is 29.4 Å². The number of likely N-dealkylation sites (tertiary alicyclic amines) is 1. The molecule has 0 radical (unpaired) electrons. The van der Waals surface area contributed by atoms with Crippen molar-refractivity contribution in [1.82, 2.24) is 25.8 Å². The average Bonchev–Trinajstić information content (AvgIpc) is 3.27. The van der Waals surface area contributed by atoms with Crippen LogP contribution in [0.4, 0.5) is 4.79 Å². The van der Waals surface area contributed by atoms with E-state index in [1.165, 1.54) is 0 Å². The van der Waals surface area contributed by atoms with Crippen LogP contribution < -0.4 is 16.0 Å². The molecule has 10 nitrogen and oxygen atoms in total. The minimum Gasteiger partial charge on any atom is -0.480 e.